The Morgan fingerprint density at radius 2 is 1.89 bits per heavy atom. The molecule has 0 aliphatic heterocycles. The maximum Gasteiger partial charge on any atom is 0.216 e. The van der Waals surface area contributed by atoms with Gasteiger partial charge in [-0.25, -0.2) is 10.6 Å². The van der Waals surface area contributed by atoms with Crippen LogP contribution in [0, 0.1) is 4.77 Å². The zero-order valence-corrected chi connectivity index (χ0v) is 16.6. The molecule has 9 heteroatoms. The lowest BCUT2D eigenvalue weighted by atomic mass is 10.2. The highest BCUT2D eigenvalue weighted by Crippen LogP contribution is 2.23. The van der Waals surface area contributed by atoms with Crippen molar-refractivity contribution in [2.24, 2.45) is 5.10 Å². The molecule has 146 valence electrons. The minimum Gasteiger partial charge on any atom is -0.497 e. The molecule has 0 radical (unpaired) electrons. The third-order valence-corrected chi connectivity index (χ3v) is 4.17. The number of hydrazone groups is 1. The van der Waals surface area contributed by atoms with Gasteiger partial charge >= 0.3 is 0 Å². The summed E-state index contributed by atoms with van der Waals surface area (Å²) in [6.45, 7) is 2.56. The molecule has 1 heterocycles. The van der Waals surface area contributed by atoms with Gasteiger partial charge in [0.1, 0.15) is 17.2 Å². The predicted octanol–water partition coefficient (Wildman–Crippen LogP) is 3.60. The Morgan fingerprint density at radius 3 is 2.57 bits per heavy atom. The Balaban J connectivity index is 1.81. The first-order valence-corrected chi connectivity index (χ1v) is 8.98. The van der Waals surface area contributed by atoms with Crippen LogP contribution in [0.4, 0.5) is 0 Å². The van der Waals surface area contributed by atoms with Crippen LogP contribution in [-0.2, 0) is 0 Å². The Morgan fingerprint density at radius 1 is 1.14 bits per heavy atom. The molecule has 3 aromatic rings. The number of rotatable bonds is 8. The second-order valence-electron chi connectivity index (χ2n) is 5.61. The van der Waals surface area contributed by atoms with Crippen molar-refractivity contribution in [3.05, 3.63) is 52.8 Å². The largest absolute Gasteiger partial charge is 0.497 e. The van der Waals surface area contributed by atoms with Gasteiger partial charge < -0.3 is 14.2 Å². The van der Waals surface area contributed by atoms with Crippen molar-refractivity contribution in [1.29, 1.82) is 0 Å². The third kappa shape index (κ3) is 4.32. The molecule has 0 aliphatic carbocycles. The number of nitrogens with zero attached hydrogens (tertiary/aromatic N) is 3. The van der Waals surface area contributed by atoms with Gasteiger partial charge in [-0.15, -0.1) is 0 Å². The molecule has 2 aromatic carbocycles. The maximum absolute atomic E-state index is 5.47. The quantitative estimate of drug-likeness (QED) is 0.342. The lowest BCUT2D eigenvalue weighted by Gasteiger charge is -2.08. The molecule has 0 aliphatic rings. The Labute approximate surface area is 167 Å². The van der Waals surface area contributed by atoms with Gasteiger partial charge in [0.05, 0.1) is 27.0 Å². The number of nitrogens with one attached hydrogen (secondary N) is 2. The minimum absolute atomic E-state index is 0.391. The second-order valence-corrected chi connectivity index (χ2v) is 6.00. The van der Waals surface area contributed by atoms with Crippen molar-refractivity contribution < 1.29 is 14.2 Å². The fourth-order valence-electron chi connectivity index (χ4n) is 2.53. The third-order valence-electron chi connectivity index (χ3n) is 3.90. The fourth-order valence-corrected chi connectivity index (χ4v) is 2.70. The van der Waals surface area contributed by atoms with Crippen LogP contribution in [0.5, 0.6) is 17.2 Å². The lowest BCUT2D eigenvalue weighted by molar-refractivity contribution is 0.340. The molecule has 0 unspecified atom stereocenters. The van der Waals surface area contributed by atoms with Gasteiger partial charge in [-0.2, -0.15) is 14.9 Å². The van der Waals surface area contributed by atoms with Gasteiger partial charge in [-0.1, -0.05) is 0 Å². The van der Waals surface area contributed by atoms with Crippen molar-refractivity contribution in [3.63, 3.8) is 0 Å². The van der Waals surface area contributed by atoms with Crippen molar-refractivity contribution in [1.82, 2.24) is 14.9 Å². The zero-order valence-electron chi connectivity index (χ0n) is 15.8. The molecule has 0 fully saturated rings. The van der Waals surface area contributed by atoms with Crippen molar-refractivity contribution in [3.8, 4) is 28.6 Å². The number of H-pyrrole nitrogens is 1. The van der Waals surface area contributed by atoms with E-state index in [0.29, 0.717) is 28.7 Å². The van der Waals surface area contributed by atoms with E-state index < -0.39 is 0 Å². The predicted molar refractivity (Wildman–Crippen MR) is 111 cm³/mol. The highest BCUT2D eigenvalue weighted by Gasteiger charge is 2.09. The molecule has 0 saturated heterocycles. The molecule has 2 N–H and O–H groups in total. The average Bonchev–Trinajstić information content (AvgIpc) is 3.09. The normalized spacial score (nSPS) is 10.8. The number of aromatic nitrogens is 3. The first-order valence-electron chi connectivity index (χ1n) is 8.58. The van der Waals surface area contributed by atoms with Crippen LogP contribution in [0.15, 0.2) is 47.6 Å². The Hall–Kier alpha value is -3.33. The summed E-state index contributed by atoms with van der Waals surface area (Å²) in [5, 5.41) is 11.3. The summed E-state index contributed by atoms with van der Waals surface area (Å²) >= 11 is 5.29. The van der Waals surface area contributed by atoms with Crippen LogP contribution in [0.2, 0.25) is 0 Å². The Kier molecular flexibility index (Phi) is 6.28. The van der Waals surface area contributed by atoms with E-state index in [0.717, 1.165) is 16.9 Å². The van der Waals surface area contributed by atoms with Crippen LogP contribution in [0.1, 0.15) is 12.5 Å². The molecule has 1 aromatic heterocycles. The van der Waals surface area contributed by atoms with Gasteiger partial charge in [0.15, 0.2) is 5.82 Å². The van der Waals surface area contributed by atoms with Crippen LogP contribution in [0.3, 0.4) is 0 Å². The average molecular weight is 399 g/mol. The molecule has 0 saturated carbocycles. The van der Waals surface area contributed by atoms with E-state index in [2.05, 4.69) is 20.8 Å². The van der Waals surface area contributed by atoms with Gasteiger partial charge in [-0.3, -0.25) is 0 Å². The fraction of sp³-hybridized carbons (Fsp3) is 0.211. The SMILES string of the molecule is CCOc1ccc(-c2n[nH]c(=S)n2NN=Cc2ccc(OC)cc2OC)cc1. The van der Waals surface area contributed by atoms with Crippen LogP contribution < -0.4 is 19.7 Å². The van der Waals surface area contributed by atoms with E-state index in [1.54, 1.807) is 31.2 Å². The summed E-state index contributed by atoms with van der Waals surface area (Å²) < 4.78 is 18.0. The van der Waals surface area contributed by atoms with E-state index in [4.69, 9.17) is 26.4 Å². The summed E-state index contributed by atoms with van der Waals surface area (Å²) in [4.78, 5) is 0. The number of methoxy groups -OCH3 is 2. The van der Waals surface area contributed by atoms with E-state index in [-0.39, 0.29) is 0 Å². The number of benzene rings is 2. The summed E-state index contributed by atoms with van der Waals surface area (Å²) in [7, 11) is 3.20. The highest BCUT2D eigenvalue weighted by atomic mass is 32.1. The maximum atomic E-state index is 5.47. The molecule has 0 bridgehead atoms. The van der Waals surface area contributed by atoms with E-state index >= 15 is 0 Å². The highest BCUT2D eigenvalue weighted by molar-refractivity contribution is 7.71. The smallest absolute Gasteiger partial charge is 0.216 e. The van der Waals surface area contributed by atoms with Crippen molar-refractivity contribution >= 4 is 18.4 Å². The number of hydrogen-bond acceptors (Lipinski definition) is 7. The molecule has 0 atom stereocenters. The summed E-state index contributed by atoms with van der Waals surface area (Å²) in [5.74, 6) is 2.75. The molecular weight excluding hydrogens is 378 g/mol. The first kappa shape index (κ1) is 19.4. The molecule has 0 spiro atoms. The number of ether oxygens (including phenoxy) is 3. The zero-order chi connectivity index (χ0) is 19.9. The van der Waals surface area contributed by atoms with Crippen LogP contribution in [-0.4, -0.2) is 41.9 Å². The summed E-state index contributed by atoms with van der Waals surface area (Å²) in [6.07, 6.45) is 1.63. The second kappa shape index (κ2) is 9.05. The van der Waals surface area contributed by atoms with Gasteiger partial charge in [0, 0.05) is 17.2 Å². The van der Waals surface area contributed by atoms with E-state index in [1.807, 2.05) is 43.3 Å². The standard InChI is InChI=1S/C19H21N5O3S/c1-4-27-15-8-5-13(6-9-15)18-21-22-19(28)24(18)23-20-12-14-7-10-16(25-2)11-17(14)26-3/h5-12,23H,4H2,1-3H3,(H,22,28). The Bertz CT molecular complexity index is 1010. The molecule has 28 heavy (non-hydrogen) atoms. The van der Waals surface area contributed by atoms with E-state index in [1.165, 1.54) is 0 Å². The lowest BCUT2D eigenvalue weighted by Crippen LogP contribution is -2.11. The topological polar surface area (TPSA) is 85.7 Å². The minimum atomic E-state index is 0.391. The first-order chi connectivity index (χ1) is 13.7. The van der Waals surface area contributed by atoms with E-state index in [9.17, 15) is 0 Å². The van der Waals surface area contributed by atoms with Gasteiger partial charge in [0.2, 0.25) is 4.77 Å². The summed E-state index contributed by atoms with van der Waals surface area (Å²) in [6, 6.07) is 13.0. The van der Waals surface area contributed by atoms with Gasteiger partial charge in [-0.05, 0) is 55.5 Å². The number of aromatic amines is 1. The van der Waals surface area contributed by atoms with Crippen LogP contribution >= 0.6 is 12.2 Å². The molecule has 8 nitrogen and oxygen atoms in total. The molecular formula is C19H21N5O3S. The van der Waals surface area contributed by atoms with Crippen LogP contribution in [0.25, 0.3) is 11.4 Å². The van der Waals surface area contributed by atoms with Gasteiger partial charge in [0.25, 0.3) is 0 Å². The van der Waals surface area contributed by atoms with Crippen molar-refractivity contribution in [2.45, 2.75) is 6.92 Å². The molecule has 3 rings (SSSR count). The number of hydrogen-bond donors (Lipinski definition) is 2. The molecule has 0 amide bonds. The van der Waals surface area contributed by atoms with Crippen molar-refractivity contribution in [2.75, 3.05) is 26.4 Å². The monoisotopic (exact) mass is 399 g/mol. The summed E-state index contributed by atoms with van der Waals surface area (Å²) in [5.41, 5.74) is 4.55.